The van der Waals surface area contributed by atoms with Crippen molar-refractivity contribution in [1.29, 1.82) is 0 Å². The van der Waals surface area contributed by atoms with Gasteiger partial charge in [-0.2, -0.15) is 0 Å². The van der Waals surface area contributed by atoms with E-state index in [1.807, 2.05) is 18.2 Å². The van der Waals surface area contributed by atoms with Crippen molar-refractivity contribution < 1.29 is 19.0 Å². The second-order valence-corrected chi connectivity index (χ2v) is 7.87. The van der Waals surface area contributed by atoms with Crippen molar-refractivity contribution >= 4 is 5.97 Å². The number of carbonyl (C=O) groups is 1. The Morgan fingerprint density at radius 1 is 0.893 bits per heavy atom. The van der Waals surface area contributed by atoms with Gasteiger partial charge in [-0.15, -0.1) is 0 Å². The van der Waals surface area contributed by atoms with Crippen LogP contribution in [0.15, 0.2) is 36.4 Å². The highest BCUT2D eigenvalue weighted by Gasteiger charge is 2.40. The molecule has 28 heavy (non-hydrogen) atoms. The molecule has 148 valence electrons. The van der Waals surface area contributed by atoms with E-state index in [1.165, 1.54) is 37.5 Å². The van der Waals surface area contributed by atoms with Gasteiger partial charge >= 0.3 is 5.97 Å². The van der Waals surface area contributed by atoms with E-state index in [2.05, 4.69) is 18.2 Å². The van der Waals surface area contributed by atoms with Crippen molar-refractivity contribution in [3.63, 3.8) is 0 Å². The maximum Gasteiger partial charge on any atom is 0.338 e. The summed E-state index contributed by atoms with van der Waals surface area (Å²) in [6.07, 6.45) is 5.76. The van der Waals surface area contributed by atoms with Crippen molar-refractivity contribution in [2.75, 3.05) is 21.3 Å². The Kier molecular flexibility index (Phi) is 5.29. The number of fused-ring (bicyclic) bond motifs is 3. The molecule has 1 fully saturated rings. The Morgan fingerprint density at radius 2 is 1.61 bits per heavy atom. The lowest BCUT2D eigenvalue weighted by Gasteiger charge is -2.43. The molecule has 0 aliphatic heterocycles. The zero-order valence-electron chi connectivity index (χ0n) is 16.9. The van der Waals surface area contributed by atoms with Crippen LogP contribution >= 0.6 is 0 Å². The van der Waals surface area contributed by atoms with Gasteiger partial charge in [-0.1, -0.05) is 25.0 Å². The maximum atomic E-state index is 12.5. The molecule has 2 aromatic rings. The van der Waals surface area contributed by atoms with Crippen LogP contribution in [0.2, 0.25) is 0 Å². The first-order valence-corrected chi connectivity index (χ1v) is 10.1. The lowest BCUT2D eigenvalue weighted by Crippen LogP contribution is -2.32. The molecule has 4 heteroatoms. The third-order valence-corrected chi connectivity index (χ3v) is 6.60. The predicted molar refractivity (Wildman–Crippen MR) is 108 cm³/mol. The summed E-state index contributed by atoms with van der Waals surface area (Å²) in [5.41, 5.74) is 4.40. The molecule has 2 aromatic carbocycles. The van der Waals surface area contributed by atoms with Gasteiger partial charge in [0.05, 0.1) is 26.9 Å². The van der Waals surface area contributed by atoms with Crippen molar-refractivity contribution in [2.24, 2.45) is 5.92 Å². The predicted octanol–water partition coefficient (Wildman–Crippen LogP) is 5.10. The fourth-order valence-electron chi connectivity index (χ4n) is 5.25. The van der Waals surface area contributed by atoms with E-state index < -0.39 is 0 Å². The van der Waals surface area contributed by atoms with Gasteiger partial charge in [0.15, 0.2) is 0 Å². The molecule has 0 bridgehead atoms. The fraction of sp³-hybridized carbons (Fsp3) is 0.458. The van der Waals surface area contributed by atoms with Crippen LogP contribution in [-0.4, -0.2) is 27.3 Å². The zero-order chi connectivity index (χ0) is 19.7. The van der Waals surface area contributed by atoms with E-state index in [0.717, 1.165) is 29.9 Å². The van der Waals surface area contributed by atoms with Crippen LogP contribution in [0.5, 0.6) is 11.5 Å². The second kappa shape index (κ2) is 7.86. The Bertz CT molecular complexity index is 856. The number of carbonyl (C=O) groups excluding carboxylic acids is 1. The molecule has 3 unspecified atom stereocenters. The van der Waals surface area contributed by atoms with Gasteiger partial charge in [0.25, 0.3) is 0 Å². The summed E-state index contributed by atoms with van der Waals surface area (Å²) in [6, 6.07) is 12.4. The molecule has 4 rings (SSSR count). The lowest BCUT2D eigenvalue weighted by molar-refractivity contribution is 0.0597. The van der Waals surface area contributed by atoms with Crippen LogP contribution in [0.4, 0.5) is 0 Å². The van der Waals surface area contributed by atoms with Gasteiger partial charge in [-0.3, -0.25) is 0 Å². The number of esters is 1. The molecule has 4 nitrogen and oxygen atoms in total. The smallest absolute Gasteiger partial charge is 0.338 e. The summed E-state index contributed by atoms with van der Waals surface area (Å²) in [6.45, 7) is 0. The molecule has 0 saturated heterocycles. The third-order valence-electron chi connectivity index (χ3n) is 6.60. The van der Waals surface area contributed by atoms with E-state index in [0.29, 0.717) is 23.3 Å². The standard InChI is InChI=1S/C24H28O4/c1-26-16-10-8-15(9-11-16)20-14-22-21(19-7-5-4-6-18(19)20)12-17(27-2)13-23(22)24(25)28-3/h8-13,18-20H,4-7,14H2,1-3H3. The van der Waals surface area contributed by atoms with Crippen LogP contribution in [0, 0.1) is 5.92 Å². The van der Waals surface area contributed by atoms with Gasteiger partial charge in [0, 0.05) is 0 Å². The molecule has 2 aliphatic carbocycles. The summed E-state index contributed by atoms with van der Waals surface area (Å²) in [4.78, 5) is 12.5. The second-order valence-electron chi connectivity index (χ2n) is 7.87. The first-order valence-electron chi connectivity index (χ1n) is 10.1. The number of hydrogen-bond acceptors (Lipinski definition) is 4. The van der Waals surface area contributed by atoms with Crippen molar-refractivity contribution in [1.82, 2.24) is 0 Å². The minimum Gasteiger partial charge on any atom is -0.497 e. The molecule has 0 N–H and O–H groups in total. The van der Waals surface area contributed by atoms with Gasteiger partial charge in [0.2, 0.25) is 0 Å². The SMILES string of the molecule is COC(=O)c1cc(OC)cc2c1CC(c1ccc(OC)cc1)C1CCCCC21. The number of methoxy groups -OCH3 is 3. The van der Waals surface area contributed by atoms with E-state index >= 15 is 0 Å². The molecule has 0 amide bonds. The Morgan fingerprint density at radius 3 is 2.29 bits per heavy atom. The van der Waals surface area contributed by atoms with Crippen molar-refractivity contribution in [2.45, 2.75) is 43.9 Å². The molecule has 3 atom stereocenters. The monoisotopic (exact) mass is 380 g/mol. The van der Waals surface area contributed by atoms with E-state index in [4.69, 9.17) is 14.2 Å². The highest BCUT2D eigenvalue weighted by Crippen LogP contribution is 2.52. The summed E-state index contributed by atoms with van der Waals surface area (Å²) >= 11 is 0. The number of hydrogen-bond donors (Lipinski definition) is 0. The summed E-state index contributed by atoms with van der Waals surface area (Å²) in [5, 5.41) is 0. The van der Waals surface area contributed by atoms with Gasteiger partial charge in [-0.05, 0) is 78.0 Å². The van der Waals surface area contributed by atoms with Crippen molar-refractivity contribution in [3.8, 4) is 11.5 Å². The van der Waals surface area contributed by atoms with E-state index in [-0.39, 0.29) is 5.97 Å². The quantitative estimate of drug-likeness (QED) is 0.692. The van der Waals surface area contributed by atoms with Gasteiger partial charge in [0.1, 0.15) is 11.5 Å². The fourth-order valence-corrected chi connectivity index (χ4v) is 5.25. The van der Waals surface area contributed by atoms with Crippen LogP contribution in [-0.2, 0) is 11.2 Å². The van der Waals surface area contributed by atoms with Crippen LogP contribution in [0.25, 0.3) is 0 Å². The Hall–Kier alpha value is -2.49. The molecular formula is C24H28O4. The summed E-state index contributed by atoms with van der Waals surface area (Å²) in [7, 11) is 4.80. The average molecular weight is 380 g/mol. The molecule has 0 aromatic heterocycles. The van der Waals surface area contributed by atoms with E-state index in [1.54, 1.807) is 14.2 Å². The summed E-state index contributed by atoms with van der Waals surface area (Å²) in [5.74, 6) is 2.79. The minimum absolute atomic E-state index is 0.280. The maximum absolute atomic E-state index is 12.5. The van der Waals surface area contributed by atoms with Gasteiger partial charge < -0.3 is 14.2 Å². The normalized spacial score (nSPS) is 23.3. The lowest BCUT2D eigenvalue weighted by atomic mass is 9.61. The highest BCUT2D eigenvalue weighted by atomic mass is 16.5. The molecule has 0 spiro atoms. The molecular weight excluding hydrogens is 352 g/mol. The zero-order valence-corrected chi connectivity index (χ0v) is 16.9. The molecule has 2 aliphatic rings. The topological polar surface area (TPSA) is 44.8 Å². The first kappa shape index (κ1) is 18.9. The third kappa shape index (κ3) is 3.25. The van der Waals surface area contributed by atoms with Crippen LogP contribution in [0.3, 0.4) is 0 Å². The average Bonchev–Trinajstić information content (AvgIpc) is 2.77. The Labute approximate surface area is 166 Å². The van der Waals surface area contributed by atoms with Crippen molar-refractivity contribution in [3.05, 3.63) is 58.7 Å². The summed E-state index contributed by atoms with van der Waals surface area (Å²) < 4.78 is 15.9. The first-order chi connectivity index (χ1) is 13.7. The molecule has 1 saturated carbocycles. The highest BCUT2D eigenvalue weighted by molar-refractivity contribution is 5.92. The largest absolute Gasteiger partial charge is 0.497 e. The van der Waals surface area contributed by atoms with Crippen LogP contribution < -0.4 is 9.47 Å². The number of benzene rings is 2. The molecule has 0 radical (unpaired) electrons. The molecule has 0 heterocycles. The van der Waals surface area contributed by atoms with Gasteiger partial charge in [-0.25, -0.2) is 4.79 Å². The number of rotatable bonds is 4. The number of ether oxygens (including phenoxy) is 3. The Balaban J connectivity index is 1.82. The van der Waals surface area contributed by atoms with Crippen LogP contribution in [0.1, 0.15) is 64.6 Å². The minimum atomic E-state index is -0.280. The van der Waals surface area contributed by atoms with E-state index in [9.17, 15) is 4.79 Å².